The van der Waals surface area contributed by atoms with Crippen molar-refractivity contribution in [2.75, 3.05) is 19.5 Å². The van der Waals surface area contributed by atoms with E-state index < -0.39 is 5.91 Å². The number of carbonyl (C=O) groups is 2. The lowest BCUT2D eigenvalue weighted by Crippen LogP contribution is -2.22. The second-order valence-electron chi connectivity index (χ2n) is 8.75. The summed E-state index contributed by atoms with van der Waals surface area (Å²) >= 11 is 0. The highest BCUT2D eigenvalue weighted by molar-refractivity contribution is 6.11. The Balaban J connectivity index is 1.40. The third kappa shape index (κ3) is 4.65. The van der Waals surface area contributed by atoms with Gasteiger partial charge in [0.15, 0.2) is 5.76 Å². The van der Waals surface area contributed by atoms with Gasteiger partial charge in [-0.1, -0.05) is 36.4 Å². The number of hydrogen-bond acceptors (Lipinski definition) is 6. The molecule has 2 N–H and O–H groups in total. The van der Waals surface area contributed by atoms with Crippen LogP contribution in [0, 0.1) is 6.92 Å². The van der Waals surface area contributed by atoms with Crippen molar-refractivity contribution in [3.63, 3.8) is 0 Å². The molecular weight excluding hydrogens is 470 g/mol. The first kappa shape index (κ1) is 24.1. The third-order valence-corrected chi connectivity index (χ3v) is 6.52. The van der Waals surface area contributed by atoms with Crippen LogP contribution in [0.3, 0.4) is 0 Å². The SMILES string of the molecule is COc1ccc(NC(=O)c2oc3c(c2C)/C(=N/NC(=O)c2cccc4ccccc24)CCC3)c(OC)c1. The van der Waals surface area contributed by atoms with Gasteiger partial charge in [0, 0.05) is 29.2 Å². The number of anilines is 1. The van der Waals surface area contributed by atoms with Crippen LogP contribution in [0.25, 0.3) is 10.8 Å². The minimum Gasteiger partial charge on any atom is -0.497 e. The molecule has 0 atom stereocenters. The van der Waals surface area contributed by atoms with Crippen LogP contribution >= 0.6 is 0 Å². The summed E-state index contributed by atoms with van der Waals surface area (Å²) in [5.41, 5.74) is 5.91. The molecule has 37 heavy (non-hydrogen) atoms. The van der Waals surface area contributed by atoms with Crippen molar-refractivity contribution in [2.24, 2.45) is 5.10 Å². The second-order valence-corrected chi connectivity index (χ2v) is 8.75. The van der Waals surface area contributed by atoms with E-state index in [4.69, 9.17) is 13.9 Å². The molecule has 1 aromatic heterocycles. The Bertz CT molecular complexity index is 1530. The van der Waals surface area contributed by atoms with Crippen LogP contribution in [0.1, 0.15) is 50.6 Å². The van der Waals surface area contributed by atoms with Gasteiger partial charge in [-0.15, -0.1) is 0 Å². The molecule has 2 amide bonds. The van der Waals surface area contributed by atoms with Gasteiger partial charge in [-0.05, 0) is 48.7 Å². The van der Waals surface area contributed by atoms with E-state index in [0.29, 0.717) is 52.6 Å². The number of ether oxygens (including phenoxy) is 2. The Morgan fingerprint density at radius 2 is 1.76 bits per heavy atom. The Hall–Kier alpha value is -4.59. The summed E-state index contributed by atoms with van der Waals surface area (Å²) in [6.45, 7) is 1.83. The van der Waals surface area contributed by atoms with Crippen LogP contribution in [0.4, 0.5) is 5.69 Å². The molecule has 8 heteroatoms. The first-order valence-electron chi connectivity index (χ1n) is 12.0. The number of fused-ring (bicyclic) bond motifs is 2. The van der Waals surface area contributed by atoms with Crippen molar-refractivity contribution >= 4 is 34.0 Å². The average Bonchev–Trinajstić information content (AvgIpc) is 3.28. The number of carbonyl (C=O) groups excluding carboxylic acids is 2. The molecule has 0 spiro atoms. The summed E-state index contributed by atoms with van der Waals surface area (Å²) in [4.78, 5) is 26.2. The molecule has 5 rings (SSSR count). The van der Waals surface area contributed by atoms with E-state index in [2.05, 4.69) is 15.8 Å². The third-order valence-electron chi connectivity index (χ3n) is 6.52. The van der Waals surface area contributed by atoms with Crippen LogP contribution in [0.5, 0.6) is 11.5 Å². The fourth-order valence-electron chi connectivity index (χ4n) is 4.68. The fourth-order valence-corrected chi connectivity index (χ4v) is 4.68. The monoisotopic (exact) mass is 497 g/mol. The zero-order valence-corrected chi connectivity index (χ0v) is 20.9. The molecular formula is C29H27N3O5. The Morgan fingerprint density at radius 3 is 2.57 bits per heavy atom. The normalized spacial score (nSPS) is 13.8. The van der Waals surface area contributed by atoms with Gasteiger partial charge < -0.3 is 19.2 Å². The van der Waals surface area contributed by atoms with Gasteiger partial charge in [-0.2, -0.15) is 5.10 Å². The zero-order valence-electron chi connectivity index (χ0n) is 20.9. The van der Waals surface area contributed by atoms with E-state index in [1.807, 2.05) is 43.3 Å². The summed E-state index contributed by atoms with van der Waals surface area (Å²) in [7, 11) is 3.09. The molecule has 0 aliphatic heterocycles. The van der Waals surface area contributed by atoms with E-state index >= 15 is 0 Å². The lowest BCUT2D eigenvalue weighted by atomic mass is 9.93. The van der Waals surface area contributed by atoms with Gasteiger partial charge in [0.25, 0.3) is 11.8 Å². The number of hydrazone groups is 1. The van der Waals surface area contributed by atoms with E-state index in [0.717, 1.165) is 22.8 Å². The molecule has 1 aliphatic carbocycles. The predicted molar refractivity (Wildman–Crippen MR) is 142 cm³/mol. The van der Waals surface area contributed by atoms with Gasteiger partial charge >= 0.3 is 0 Å². The molecule has 0 unspecified atom stereocenters. The summed E-state index contributed by atoms with van der Waals surface area (Å²) in [6, 6.07) is 18.5. The van der Waals surface area contributed by atoms with Crippen LogP contribution in [-0.4, -0.2) is 31.7 Å². The van der Waals surface area contributed by atoms with Crippen LogP contribution in [0.15, 0.2) is 70.2 Å². The first-order chi connectivity index (χ1) is 18.0. The van der Waals surface area contributed by atoms with E-state index in [-0.39, 0.29) is 11.7 Å². The van der Waals surface area contributed by atoms with E-state index in [1.54, 1.807) is 31.4 Å². The summed E-state index contributed by atoms with van der Waals surface area (Å²) in [5.74, 6) is 1.30. The molecule has 188 valence electrons. The Morgan fingerprint density at radius 1 is 0.946 bits per heavy atom. The largest absolute Gasteiger partial charge is 0.497 e. The number of nitrogens with zero attached hydrogens (tertiary/aromatic N) is 1. The van der Waals surface area contributed by atoms with Crippen molar-refractivity contribution in [1.29, 1.82) is 0 Å². The summed E-state index contributed by atoms with van der Waals surface area (Å²) in [6.07, 6.45) is 2.15. The number of methoxy groups -OCH3 is 2. The van der Waals surface area contributed by atoms with Crippen LogP contribution < -0.4 is 20.2 Å². The molecule has 0 saturated carbocycles. The molecule has 3 aromatic carbocycles. The average molecular weight is 498 g/mol. The van der Waals surface area contributed by atoms with E-state index in [1.165, 1.54) is 7.11 Å². The van der Waals surface area contributed by atoms with Crippen LogP contribution in [-0.2, 0) is 6.42 Å². The van der Waals surface area contributed by atoms with Crippen molar-refractivity contribution < 1.29 is 23.5 Å². The van der Waals surface area contributed by atoms with Crippen molar-refractivity contribution in [1.82, 2.24) is 5.43 Å². The Labute approximate surface area is 214 Å². The number of benzene rings is 3. The number of amides is 2. The Kier molecular flexibility index (Phi) is 6.64. The number of hydrogen-bond donors (Lipinski definition) is 2. The standard InChI is InChI=1S/C29H27N3O5/c1-17-26-23(31-32-28(33)21-11-6-9-18-8-4-5-10-20(18)21)12-7-13-24(26)37-27(17)29(34)30-22-15-14-19(35-2)16-25(22)36-3/h4-6,8-11,14-16H,7,12-13H2,1-3H3,(H,30,34)(H,32,33)/b31-23+. The summed E-state index contributed by atoms with van der Waals surface area (Å²) in [5, 5.41) is 9.17. The van der Waals surface area contributed by atoms with Gasteiger partial charge in [-0.3, -0.25) is 9.59 Å². The fraction of sp³-hybridized carbons (Fsp3) is 0.207. The van der Waals surface area contributed by atoms with E-state index in [9.17, 15) is 9.59 Å². The lowest BCUT2D eigenvalue weighted by Gasteiger charge is -2.14. The van der Waals surface area contributed by atoms with Crippen molar-refractivity contribution in [3.05, 3.63) is 88.9 Å². The maximum absolute atomic E-state index is 13.2. The molecule has 4 aromatic rings. The van der Waals surface area contributed by atoms with Gasteiger partial charge in [0.2, 0.25) is 0 Å². The first-order valence-corrected chi connectivity index (χ1v) is 12.0. The highest BCUT2D eigenvalue weighted by atomic mass is 16.5. The molecule has 1 heterocycles. The number of aryl methyl sites for hydroxylation is 1. The molecule has 0 radical (unpaired) electrons. The zero-order chi connectivity index (χ0) is 25.9. The minimum atomic E-state index is -0.394. The minimum absolute atomic E-state index is 0.206. The van der Waals surface area contributed by atoms with Crippen LogP contribution in [0.2, 0.25) is 0 Å². The lowest BCUT2D eigenvalue weighted by molar-refractivity contribution is 0.0955. The molecule has 1 aliphatic rings. The molecule has 0 bridgehead atoms. The smallest absolute Gasteiger partial charge is 0.291 e. The summed E-state index contributed by atoms with van der Waals surface area (Å²) < 4.78 is 16.6. The molecule has 0 saturated heterocycles. The van der Waals surface area contributed by atoms with Gasteiger partial charge in [-0.25, -0.2) is 5.43 Å². The van der Waals surface area contributed by atoms with Crippen molar-refractivity contribution in [3.8, 4) is 11.5 Å². The number of rotatable bonds is 6. The predicted octanol–water partition coefficient (Wildman–Crippen LogP) is 5.48. The molecule has 0 fully saturated rings. The molecule has 8 nitrogen and oxygen atoms in total. The highest BCUT2D eigenvalue weighted by Gasteiger charge is 2.28. The maximum Gasteiger partial charge on any atom is 0.291 e. The highest BCUT2D eigenvalue weighted by Crippen LogP contribution is 2.33. The second kappa shape index (κ2) is 10.2. The van der Waals surface area contributed by atoms with Crippen molar-refractivity contribution in [2.45, 2.75) is 26.2 Å². The van der Waals surface area contributed by atoms with Gasteiger partial charge in [0.1, 0.15) is 17.3 Å². The van der Waals surface area contributed by atoms with Gasteiger partial charge in [0.05, 0.1) is 25.6 Å². The topological polar surface area (TPSA) is 102 Å². The maximum atomic E-state index is 13.2. The quantitative estimate of drug-likeness (QED) is 0.344. The number of nitrogens with one attached hydrogen (secondary N) is 2. The number of furan rings is 1.